The highest BCUT2D eigenvalue weighted by Crippen LogP contribution is 2.34. The molecule has 1 aromatic rings. The zero-order valence-corrected chi connectivity index (χ0v) is 10.5. The van der Waals surface area contributed by atoms with Crippen LogP contribution in [0.3, 0.4) is 0 Å². The Morgan fingerprint density at radius 1 is 1.18 bits per heavy atom. The van der Waals surface area contributed by atoms with Gasteiger partial charge in [0.15, 0.2) is 0 Å². The van der Waals surface area contributed by atoms with Crippen LogP contribution in [-0.2, 0) is 6.18 Å². The number of halogens is 3. The zero-order chi connectivity index (χ0) is 12.7. The molecule has 17 heavy (non-hydrogen) atoms. The molecular formula is C12H16F3NS. The highest BCUT2D eigenvalue weighted by Gasteiger charge is 2.32. The average Bonchev–Trinajstić information content (AvgIpc) is 2.28. The van der Waals surface area contributed by atoms with E-state index >= 15 is 0 Å². The Labute approximate surface area is 104 Å². The van der Waals surface area contributed by atoms with Crippen LogP contribution in [0, 0.1) is 0 Å². The van der Waals surface area contributed by atoms with Crippen LogP contribution in [0.2, 0.25) is 0 Å². The maximum Gasteiger partial charge on any atom is 0.418 e. The number of rotatable bonds is 6. The van der Waals surface area contributed by atoms with Gasteiger partial charge < -0.3 is 5.32 Å². The molecule has 0 aliphatic heterocycles. The molecule has 1 rings (SSSR count). The standard InChI is InChI=1S/C12H16F3NS/c1-17-9-5-4-8-16-11-7-3-2-6-10(11)12(13,14)15/h2-3,6-7,16H,4-5,8-9H2,1H3. The molecule has 0 bridgehead atoms. The lowest BCUT2D eigenvalue weighted by molar-refractivity contribution is -0.136. The molecule has 0 heterocycles. The highest BCUT2D eigenvalue weighted by molar-refractivity contribution is 7.98. The third-order valence-electron chi connectivity index (χ3n) is 2.32. The maximum atomic E-state index is 12.6. The van der Waals surface area contributed by atoms with Crippen molar-refractivity contribution in [1.82, 2.24) is 0 Å². The fraction of sp³-hybridized carbons (Fsp3) is 0.500. The van der Waals surface area contributed by atoms with Gasteiger partial charge in [-0.15, -0.1) is 0 Å². The minimum absolute atomic E-state index is 0.171. The van der Waals surface area contributed by atoms with Gasteiger partial charge in [0.2, 0.25) is 0 Å². The second-order valence-corrected chi connectivity index (χ2v) is 4.66. The predicted octanol–water partition coefficient (Wildman–Crippen LogP) is 4.26. The number of alkyl halides is 3. The van der Waals surface area contributed by atoms with Gasteiger partial charge in [0, 0.05) is 12.2 Å². The molecule has 0 fully saturated rings. The lowest BCUT2D eigenvalue weighted by atomic mass is 10.1. The number of nitrogens with one attached hydrogen (secondary N) is 1. The van der Waals surface area contributed by atoms with Crippen molar-refractivity contribution in [2.75, 3.05) is 23.9 Å². The first-order chi connectivity index (χ1) is 8.05. The second kappa shape index (κ2) is 6.79. The lowest BCUT2D eigenvalue weighted by Crippen LogP contribution is -2.11. The first kappa shape index (κ1) is 14.2. The summed E-state index contributed by atoms with van der Waals surface area (Å²) < 4.78 is 37.9. The van der Waals surface area contributed by atoms with Crippen molar-refractivity contribution in [3.63, 3.8) is 0 Å². The number of unbranched alkanes of at least 4 members (excludes halogenated alkanes) is 1. The van der Waals surface area contributed by atoms with E-state index < -0.39 is 11.7 Å². The molecule has 0 saturated heterocycles. The molecule has 96 valence electrons. The number of para-hydroxylation sites is 1. The summed E-state index contributed by atoms with van der Waals surface area (Å²) in [5.41, 5.74) is -0.422. The summed E-state index contributed by atoms with van der Waals surface area (Å²) in [4.78, 5) is 0. The molecule has 0 amide bonds. The van der Waals surface area contributed by atoms with Crippen LogP contribution in [0.25, 0.3) is 0 Å². The minimum atomic E-state index is -4.29. The Morgan fingerprint density at radius 2 is 1.88 bits per heavy atom. The smallest absolute Gasteiger partial charge is 0.385 e. The topological polar surface area (TPSA) is 12.0 Å². The van der Waals surface area contributed by atoms with Crippen molar-refractivity contribution >= 4 is 17.4 Å². The van der Waals surface area contributed by atoms with Gasteiger partial charge in [0.1, 0.15) is 0 Å². The van der Waals surface area contributed by atoms with Gasteiger partial charge in [-0.05, 0) is 37.0 Å². The van der Waals surface area contributed by atoms with E-state index in [-0.39, 0.29) is 5.69 Å². The molecule has 5 heteroatoms. The van der Waals surface area contributed by atoms with E-state index in [2.05, 4.69) is 5.32 Å². The summed E-state index contributed by atoms with van der Waals surface area (Å²) in [6, 6.07) is 5.59. The van der Waals surface area contributed by atoms with Crippen LogP contribution >= 0.6 is 11.8 Å². The quantitative estimate of drug-likeness (QED) is 0.770. The van der Waals surface area contributed by atoms with Gasteiger partial charge in [-0.1, -0.05) is 12.1 Å². The van der Waals surface area contributed by atoms with E-state index in [1.807, 2.05) is 6.26 Å². The number of hydrogen-bond donors (Lipinski definition) is 1. The van der Waals surface area contributed by atoms with E-state index in [1.165, 1.54) is 12.1 Å². The van der Waals surface area contributed by atoms with Gasteiger partial charge in [0.25, 0.3) is 0 Å². The molecule has 0 unspecified atom stereocenters. The number of hydrogen-bond acceptors (Lipinski definition) is 2. The van der Waals surface area contributed by atoms with Gasteiger partial charge >= 0.3 is 6.18 Å². The Bertz CT molecular complexity index is 339. The summed E-state index contributed by atoms with van der Waals surface area (Å²) >= 11 is 1.75. The maximum absolute atomic E-state index is 12.6. The summed E-state index contributed by atoms with van der Waals surface area (Å²) in [6.45, 7) is 0.577. The van der Waals surface area contributed by atoms with Gasteiger partial charge in [0.05, 0.1) is 5.56 Å². The first-order valence-corrected chi connectivity index (χ1v) is 6.84. The molecule has 1 aromatic carbocycles. The van der Waals surface area contributed by atoms with Crippen LogP contribution in [0.4, 0.5) is 18.9 Å². The molecular weight excluding hydrogens is 247 g/mol. The molecule has 0 saturated carbocycles. The predicted molar refractivity (Wildman–Crippen MR) is 67.5 cm³/mol. The summed E-state index contributed by atoms with van der Waals surface area (Å²) in [5.74, 6) is 1.04. The van der Waals surface area contributed by atoms with E-state index in [4.69, 9.17) is 0 Å². The van der Waals surface area contributed by atoms with Crippen molar-refractivity contribution in [2.24, 2.45) is 0 Å². The van der Waals surface area contributed by atoms with Crippen molar-refractivity contribution in [2.45, 2.75) is 19.0 Å². The zero-order valence-electron chi connectivity index (χ0n) is 9.68. The van der Waals surface area contributed by atoms with E-state index in [0.717, 1.165) is 24.7 Å². The van der Waals surface area contributed by atoms with Crippen LogP contribution in [0.1, 0.15) is 18.4 Å². The molecule has 0 atom stereocenters. The first-order valence-electron chi connectivity index (χ1n) is 5.44. The van der Waals surface area contributed by atoms with E-state index in [1.54, 1.807) is 17.8 Å². The van der Waals surface area contributed by atoms with Crippen molar-refractivity contribution < 1.29 is 13.2 Å². The molecule has 1 nitrogen and oxygen atoms in total. The Kier molecular flexibility index (Phi) is 5.68. The van der Waals surface area contributed by atoms with Gasteiger partial charge in [-0.2, -0.15) is 24.9 Å². The monoisotopic (exact) mass is 263 g/mol. The Morgan fingerprint density at radius 3 is 2.53 bits per heavy atom. The number of thioether (sulfide) groups is 1. The summed E-state index contributed by atoms with van der Waals surface area (Å²) in [7, 11) is 0. The van der Waals surface area contributed by atoms with Gasteiger partial charge in [-0.3, -0.25) is 0 Å². The van der Waals surface area contributed by atoms with Crippen molar-refractivity contribution in [3.8, 4) is 0 Å². The van der Waals surface area contributed by atoms with Crippen molar-refractivity contribution in [3.05, 3.63) is 29.8 Å². The average molecular weight is 263 g/mol. The summed E-state index contributed by atoms with van der Waals surface area (Å²) in [6.07, 6.45) is -0.370. The molecule has 0 aliphatic carbocycles. The summed E-state index contributed by atoms with van der Waals surface area (Å²) in [5, 5.41) is 2.85. The number of anilines is 1. The van der Waals surface area contributed by atoms with Crippen molar-refractivity contribution in [1.29, 1.82) is 0 Å². The molecule has 0 aromatic heterocycles. The minimum Gasteiger partial charge on any atom is -0.385 e. The van der Waals surface area contributed by atoms with Crippen LogP contribution in [0.5, 0.6) is 0 Å². The second-order valence-electron chi connectivity index (χ2n) is 3.67. The van der Waals surface area contributed by atoms with Crippen LogP contribution < -0.4 is 5.32 Å². The fourth-order valence-corrected chi connectivity index (χ4v) is 1.97. The van der Waals surface area contributed by atoms with Crippen LogP contribution in [0.15, 0.2) is 24.3 Å². The third kappa shape index (κ3) is 4.89. The number of benzene rings is 1. The van der Waals surface area contributed by atoms with E-state index in [0.29, 0.717) is 6.54 Å². The molecule has 1 N–H and O–H groups in total. The van der Waals surface area contributed by atoms with Gasteiger partial charge in [-0.25, -0.2) is 0 Å². The van der Waals surface area contributed by atoms with E-state index in [9.17, 15) is 13.2 Å². The molecule has 0 radical (unpaired) electrons. The Hall–Kier alpha value is -0.840. The third-order valence-corrected chi connectivity index (χ3v) is 3.02. The Balaban J connectivity index is 2.53. The SMILES string of the molecule is CSCCCCNc1ccccc1C(F)(F)F. The molecule has 0 aliphatic rings. The lowest BCUT2D eigenvalue weighted by Gasteiger charge is -2.14. The normalized spacial score (nSPS) is 11.5. The van der Waals surface area contributed by atoms with Crippen LogP contribution in [-0.4, -0.2) is 18.6 Å². The largest absolute Gasteiger partial charge is 0.418 e. The fourth-order valence-electron chi connectivity index (χ4n) is 1.48. The molecule has 0 spiro atoms. The highest BCUT2D eigenvalue weighted by atomic mass is 32.2.